The van der Waals surface area contributed by atoms with Crippen LogP contribution in [0.5, 0.6) is 0 Å². The van der Waals surface area contributed by atoms with Crippen LogP contribution in [0.3, 0.4) is 0 Å². The molecule has 1 aromatic heterocycles. The van der Waals surface area contributed by atoms with Crippen molar-refractivity contribution in [3.05, 3.63) is 48.5 Å². The second kappa shape index (κ2) is 5.99. The van der Waals surface area contributed by atoms with Crippen LogP contribution in [-0.2, 0) is 9.53 Å². The third-order valence-electron chi connectivity index (χ3n) is 3.54. The number of aromatic nitrogens is 2. The third-order valence-corrected chi connectivity index (χ3v) is 3.54. The van der Waals surface area contributed by atoms with Crippen LogP contribution in [0.1, 0.15) is 37.5 Å². The van der Waals surface area contributed by atoms with E-state index < -0.39 is 6.04 Å². The summed E-state index contributed by atoms with van der Waals surface area (Å²) >= 11 is 0. The molecule has 1 heterocycles. The van der Waals surface area contributed by atoms with Crippen molar-refractivity contribution in [1.82, 2.24) is 9.55 Å². The second-order valence-electron chi connectivity index (χ2n) is 5.15. The Bertz CT molecular complexity index is 605. The van der Waals surface area contributed by atoms with Gasteiger partial charge >= 0.3 is 5.97 Å². The Morgan fingerprint density at radius 3 is 2.86 bits per heavy atom. The molecule has 1 aromatic carbocycles. The minimum Gasteiger partial charge on any atom is -0.464 e. The highest BCUT2D eigenvalue weighted by Crippen LogP contribution is 2.37. The number of benzene rings is 1. The smallest absolute Gasteiger partial charge is 0.334 e. The van der Waals surface area contributed by atoms with Gasteiger partial charge in [0.2, 0.25) is 0 Å². The lowest BCUT2D eigenvalue weighted by molar-refractivity contribution is -0.144. The lowest BCUT2D eigenvalue weighted by atomic mass is 10.2. The van der Waals surface area contributed by atoms with Gasteiger partial charge < -0.3 is 14.6 Å². The summed E-state index contributed by atoms with van der Waals surface area (Å²) in [5.41, 5.74) is 1.75. The normalized spacial score (nSPS) is 15.5. The fourth-order valence-corrected chi connectivity index (χ4v) is 2.38. The lowest BCUT2D eigenvalue weighted by Gasteiger charge is -2.20. The fraction of sp³-hybridized carbons (Fsp3) is 0.375. The first kappa shape index (κ1) is 13.7. The molecule has 1 atom stereocenters. The third kappa shape index (κ3) is 3.07. The van der Waals surface area contributed by atoms with E-state index in [9.17, 15) is 4.79 Å². The molecule has 21 heavy (non-hydrogen) atoms. The van der Waals surface area contributed by atoms with E-state index >= 15 is 0 Å². The van der Waals surface area contributed by atoms with Gasteiger partial charge in [0.15, 0.2) is 6.04 Å². The number of nitrogens with zero attached hydrogens (tertiary/aromatic N) is 2. The molecule has 1 saturated carbocycles. The Labute approximate surface area is 124 Å². The molecule has 5 nitrogen and oxygen atoms in total. The van der Waals surface area contributed by atoms with Crippen molar-refractivity contribution in [2.45, 2.75) is 31.8 Å². The van der Waals surface area contributed by atoms with Gasteiger partial charge in [-0.3, -0.25) is 0 Å². The van der Waals surface area contributed by atoms with Gasteiger partial charge in [0, 0.05) is 11.7 Å². The second-order valence-corrected chi connectivity index (χ2v) is 5.15. The van der Waals surface area contributed by atoms with Gasteiger partial charge in [-0.25, -0.2) is 9.78 Å². The first-order valence-corrected chi connectivity index (χ1v) is 7.29. The number of rotatable bonds is 6. The number of para-hydroxylation sites is 1. The number of carbonyl (C=O) groups excluding carboxylic acids is 1. The monoisotopic (exact) mass is 285 g/mol. The van der Waals surface area contributed by atoms with E-state index in [-0.39, 0.29) is 5.97 Å². The minimum atomic E-state index is -0.532. The molecule has 0 spiro atoms. The van der Waals surface area contributed by atoms with Crippen molar-refractivity contribution in [2.24, 2.45) is 0 Å². The highest BCUT2D eigenvalue weighted by molar-refractivity contribution is 5.80. The maximum absolute atomic E-state index is 12.3. The van der Waals surface area contributed by atoms with Crippen LogP contribution in [-0.4, -0.2) is 22.1 Å². The number of ether oxygens (including phenoxy) is 1. The van der Waals surface area contributed by atoms with Gasteiger partial charge in [-0.15, -0.1) is 0 Å². The van der Waals surface area contributed by atoms with E-state index in [0.29, 0.717) is 12.6 Å². The van der Waals surface area contributed by atoms with E-state index in [2.05, 4.69) is 14.9 Å². The van der Waals surface area contributed by atoms with Gasteiger partial charge in [-0.2, -0.15) is 0 Å². The van der Waals surface area contributed by atoms with E-state index in [0.717, 1.165) is 24.2 Å². The summed E-state index contributed by atoms with van der Waals surface area (Å²) in [5, 5.41) is 3.25. The molecular formula is C16H19N3O2. The van der Waals surface area contributed by atoms with Crippen LogP contribution in [0.15, 0.2) is 42.9 Å². The average Bonchev–Trinajstić information content (AvgIpc) is 3.24. The molecule has 110 valence electrons. The quantitative estimate of drug-likeness (QED) is 0.829. The van der Waals surface area contributed by atoms with Gasteiger partial charge in [-0.1, -0.05) is 18.2 Å². The molecular weight excluding hydrogens is 266 g/mol. The summed E-state index contributed by atoms with van der Waals surface area (Å²) in [6.07, 6.45) is 5.83. The molecule has 1 aliphatic carbocycles. The molecule has 1 fully saturated rings. The van der Waals surface area contributed by atoms with Crippen LogP contribution in [0.2, 0.25) is 0 Å². The summed E-state index contributed by atoms with van der Waals surface area (Å²) in [6, 6.07) is 9.62. The van der Waals surface area contributed by atoms with Crippen molar-refractivity contribution >= 4 is 11.7 Å². The summed E-state index contributed by atoms with van der Waals surface area (Å²) < 4.78 is 7.29. The van der Waals surface area contributed by atoms with Crippen molar-refractivity contribution in [2.75, 3.05) is 11.9 Å². The molecule has 1 unspecified atom stereocenters. The van der Waals surface area contributed by atoms with Crippen LogP contribution >= 0.6 is 0 Å². The molecule has 0 saturated heterocycles. The minimum absolute atomic E-state index is 0.274. The van der Waals surface area contributed by atoms with Gasteiger partial charge in [0.05, 0.1) is 24.8 Å². The van der Waals surface area contributed by atoms with Crippen LogP contribution in [0.4, 0.5) is 5.69 Å². The summed E-state index contributed by atoms with van der Waals surface area (Å²) in [6.45, 7) is 2.18. The number of imidazole rings is 1. The molecule has 1 aliphatic rings. The number of anilines is 1. The molecule has 2 aromatic rings. The van der Waals surface area contributed by atoms with Crippen LogP contribution in [0.25, 0.3) is 0 Å². The maximum atomic E-state index is 12.3. The standard InChI is InChI=1S/C16H19N3O2/c1-2-21-16(20)15(18-12-6-4-3-5-7-12)14-10-17-11-19(14)13-8-9-13/h3-7,10-11,13,15,18H,2,8-9H2,1H3. The summed E-state index contributed by atoms with van der Waals surface area (Å²) in [4.78, 5) is 16.5. The molecule has 0 amide bonds. The Morgan fingerprint density at radius 1 is 1.43 bits per heavy atom. The van der Waals surface area contributed by atoms with Crippen molar-refractivity contribution in [1.29, 1.82) is 0 Å². The number of nitrogens with one attached hydrogen (secondary N) is 1. The highest BCUT2D eigenvalue weighted by atomic mass is 16.5. The van der Waals surface area contributed by atoms with Gasteiger partial charge in [0.1, 0.15) is 0 Å². The largest absolute Gasteiger partial charge is 0.464 e. The van der Waals surface area contributed by atoms with Crippen LogP contribution in [0, 0.1) is 0 Å². The number of carbonyl (C=O) groups is 1. The summed E-state index contributed by atoms with van der Waals surface area (Å²) in [5.74, 6) is -0.274. The van der Waals surface area contributed by atoms with Crippen molar-refractivity contribution in [3.63, 3.8) is 0 Å². The zero-order valence-corrected chi connectivity index (χ0v) is 12.0. The Hall–Kier alpha value is -2.30. The van der Waals surface area contributed by atoms with E-state index in [1.807, 2.05) is 37.3 Å². The number of hydrogen-bond donors (Lipinski definition) is 1. The van der Waals surface area contributed by atoms with Crippen LogP contribution < -0.4 is 5.32 Å². The Morgan fingerprint density at radius 2 is 2.19 bits per heavy atom. The predicted octanol–water partition coefficient (Wildman–Crippen LogP) is 2.93. The fourth-order valence-electron chi connectivity index (χ4n) is 2.38. The first-order valence-electron chi connectivity index (χ1n) is 7.29. The van der Waals surface area contributed by atoms with Crippen molar-refractivity contribution < 1.29 is 9.53 Å². The maximum Gasteiger partial charge on any atom is 0.334 e. The zero-order chi connectivity index (χ0) is 14.7. The topological polar surface area (TPSA) is 56.1 Å². The number of hydrogen-bond acceptors (Lipinski definition) is 4. The molecule has 0 bridgehead atoms. The van der Waals surface area contributed by atoms with E-state index in [1.165, 1.54) is 0 Å². The van der Waals surface area contributed by atoms with Gasteiger partial charge in [-0.05, 0) is 31.9 Å². The average molecular weight is 285 g/mol. The van der Waals surface area contributed by atoms with E-state index in [1.54, 1.807) is 12.5 Å². The lowest BCUT2D eigenvalue weighted by Crippen LogP contribution is -2.25. The highest BCUT2D eigenvalue weighted by Gasteiger charge is 2.31. The van der Waals surface area contributed by atoms with E-state index in [4.69, 9.17) is 4.74 Å². The SMILES string of the molecule is CCOC(=O)C(Nc1ccccc1)c1cncn1C1CC1. The Balaban J connectivity index is 1.88. The predicted molar refractivity (Wildman–Crippen MR) is 79.9 cm³/mol. The van der Waals surface area contributed by atoms with Crippen molar-refractivity contribution in [3.8, 4) is 0 Å². The molecule has 5 heteroatoms. The Kier molecular flexibility index (Phi) is 3.90. The summed E-state index contributed by atoms with van der Waals surface area (Å²) in [7, 11) is 0. The molecule has 3 rings (SSSR count). The first-order chi connectivity index (χ1) is 10.3. The zero-order valence-electron chi connectivity index (χ0n) is 12.0. The van der Waals surface area contributed by atoms with Gasteiger partial charge in [0.25, 0.3) is 0 Å². The molecule has 0 radical (unpaired) electrons. The number of esters is 1. The molecule has 1 N–H and O–H groups in total. The molecule has 0 aliphatic heterocycles.